The normalized spacial score (nSPS) is 16.6. The maximum atomic E-state index is 14.2. The van der Waals surface area contributed by atoms with Gasteiger partial charge in [-0.3, -0.25) is 9.59 Å². The molecular weight excluding hydrogens is 844 g/mol. The average Bonchev–Trinajstić information content (AvgIpc) is 4.11. The van der Waals surface area contributed by atoms with Crippen molar-refractivity contribution in [2.24, 2.45) is 0 Å². The smallest absolute Gasteiger partial charge is 0.407 e. The van der Waals surface area contributed by atoms with Gasteiger partial charge in [0, 0.05) is 23.4 Å². The Morgan fingerprint density at radius 1 is 0.908 bits per heavy atom. The molecule has 2 fully saturated rings. The van der Waals surface area contributed by atoms with Crippen LogP contribution in [-0.2, 0) is 9.53 Å². The number of halogens is 3. The Balaban J connectivity index is 0.842. The highest BCUT2D eigenvalue weighted by Crippen LogP contribution is 2.45. The van der Waals surface area contributed by atoms with Gasteiger partial charge in [-0.05, 0) is 89.7 Å². The van der Waals surface area contributed by atoms with Crippen LogP contribution in [0.4, 0.5) is 34.3 Å². The summed E-state index contributed by atoms with van der Waals surface area (Å²) in [5.74, 6) is -1.61. The molecule has 5 aromatic carbocycles. The van der Waals surface area contributed by atoms with E-state index in [1.807, 2.05) is 48.5 Å². The number of amides is 4. The number of ketones is 1. The standard InChI is InChI=1S/C48H38F3N7O7/c1-25-16-28(65-41-13-7-6-12-35(41)49)14-15-38(25)58-45(52)33(21-53-58)44(59)37-17-26-18-42(63-24-43(50)51)39(20-36(26)55-37)57-46(60)40-19-27(22-56(40)48(57)62)54-47(61)64-23-34-31-10-4-2-8-29(31)30-9-3-5-11-32(30)34/h2-18,20-21,27,34,40,43,55H,19,22-24,52H2,1H3,(H,54,61)/t27-,40+/m1/s1. The van der Waals surface area contributed by atoms with Gasteiger partial charge in [-0.1, -0.05) is 60.7 Å². The summed E-state index contributed by atoms with van der Waals surface area (Å²) in [6, 6.07) is 28.8. The largest absolute Gasteiger partial charge is 0.485 e. The fourth-order valence-corrected chi connectivity index (χ4v) is 8.95. The van der Waals surface area contributed by atoms with Crippen molar-refractivity contribution in [2.45, 2.75) is 37.8 Å². The maximum absolute atomic E-state index is 14.2. The van der Waals surface area contributed by atoms with Crippen LogP contribution in [-0.4, -0.2) is 81.7 Å². The number of carbonyl (C=O) groups is 4. The van der Waals surface area contributed by atoms with E-state index in [4.69, 9.17) is 19.9 Å². The van der Waals surface area contributed by atoms with E-state index < -0.39 is 54.7 Å². The summed E-state index contributed by atoms with van der Waals surface area (Å²) in [6.07, 6.45) is -2.17. The lowest BCUT2D eigenvalue weighted by Gasteiger charge is -2.21. The number of carbonyl (C=O) groups excluding carboxylic acids is 4. The van der Waals surface area contributed by atoms with Crippen molar-refractivity contribution < 1.29 is 46.6 Å². The number of nitrogen functional groups attached to an aromatic ring is 1. The summed E-state index contributed by atoms with van der Waals surface area (Å²) in [4.78, 5) is 60.2. The molecule has 2 atom stereocenters. The number of imide groups is 1. The molecule has 65 heavy (non-hydrogen) atoms. The number of H-pyrrole nitrogens is 1. The molecule has 0 spiro atoms. The van der Waals surface area contributed by atoms with Gasteiger partial charge in [0.1, 0.15) is 36.6 Å². The van der Waals surface area contributed by atoms with Crippen molar-refractivity contribution in [1.29, 1.82) is 0 Å². The number of hydrogen-bond acceptors (Lipinski definition) is 9. The Hall–Kier alpha value is -8.08. The van der Waals surface area contributed by atoms with Crippen molar-refractivity contribution in [3.63, 3.8) is 0 Å². The molecule has 10 rings (SSSR count). The molecule has 328 valence electrons. The van der Waals surface area contributed by atoms with Crippen molar-refractivity contribution in [3.05, 3.63) is 149 Å². The number of ether oxygens (including phenoxy) is 3. The van der Waals surface area contributed by atoms with E-state index in [1.54, 1.807) is 37.3 Å². The van der Waals surface area contributed by atoms with E-state index in [2.05, 4.69) is 15.4 Å². The minimum atomic E-state index is -2.88. The van der Waals surface area contributed by atoms with Crippen molar-refractivity contribution in [3.8, 4) is 34.1 Å². The number of para-hydroxylation sites is 1. The van der Waals surface area contributed by atoms with Gasteiger partial charge < -0.3 is 35.1 Å². The molecule has 2 aliphatic heterocycles. The van der Waals surface area contributed by atoms with Gasteiger partial charge in [0.25, 0.3) is 12.3 Å². The van der Waals surface area contributed by atoms with Crippen molar-refractivity contribution in [2.75, 3.05) is 30.4 Å². The van der Waals surface area contributed by atoms with Gasteiger partial charge in [0.05, 0.1) is 34.9 Å². The number of nitrogens with two attached hydrogens (primary N) is 1. The lowest BCUT2D eigenvalue weighted by atomic mass is 9.98. The zero-order valence-corrected chi connectivity index (χ0v) is 34.5. The average molecular weight is 882 g/mol. The van der Waals surface area contributed by atoms with Crippen LogP contribution in [0.1, 0.15) is 45.1 Å². The Bertz CT molecular complexity index is 3010. The molecule has 7 aromatic rings. The Labute approximate surface area is 368 Å². The maximum Gasteiger partial charge on any atom is 0.407 e. The molecule has 2 saturated heterocycles. The molecule has 4 heterocycles. The molecule has 4 N–H and O–H groups in total. The van der Waals surface area contributed by atoms with Crippen LogP contribution in [0.15, 0.2) is 115 Å². The van der Waals surface area contributed by atoms with Crippen LogP contribution < -0.4 is 25.4 Å². The Kier molecular flexibility index (Phi) is 10.2. The van der Waals surface area contributed by atoms with E-state index in [0.29, 0.717) is 27.9 Å². The van der Waals surface area contributed by atoms with E-state index in [-0.39, 0.29) is 59.8 Å². The summed E-state index contributed by atoms with van der Waals surface area (Å²) in [5, 5.41) is 7.51. The third kappa shape index (κ3) is 7.33. The van der Waals surface area contributed by atoms with Crippen molar-refractivity contribution >= 4 is 46.2 Å². The number of fused-ring (bicyclic) bond motifs is 5. The van der Waals surface area contributed by atoms with Crippen LogP contribution in [0, 0.1) is 12.7 Å². The highest BCUT2D eigenvalue weighted by atomic mass is 19.3. The Morgan fingerprint density at radius 3 is 2.34 bits per heavy atom. The minimum Gasteiger partial charge on any atom is -0.485 e. The number of rotatable bonds is 12. The van der Waals surface area contributed by atoms with Crippen LogP contribution in [0.25, 0.3) is 27.7 Å². The van der Waals surface area contributed by atoms with Crippen LogP contribution in [0.5, 0.6) is 17.2 Å². The summed E-state index contributed by atoms with van der Waals surface area (Å²) in [6.45, 7) is 0.823. The third-order valence-corrected chi connectivity index (χ3v) is 12.0. The fourth-order valence-electron chi connectivity index (χ4n) is 8.95. The van der Waals surface area contributed by atoms with Crippen molar-refractivity contribution in [1.82, 2.24) is 25.0 Å². The molecule has 3 aliphatic rings. The summed E-state index contributed by atoms with van der Waals surface area (Å²) >= 11 is 0. The lowest BCUT2D eigenvalue weighted by molar-refractivity contribution is -0.119. The van der Waals surface area contributed by atoms with Gasteiger partial charge in [-0.2, -0.15) is 5.10 Å². The predicted molar refractivity (Wildman–Crippen MR) is 232 cm³/mol. The first-order valence-corrected chi connectivity index (χ1v) is 20.7. The van der Waals surface area contributed by atoms with E-state index >= 15 is 0 Å². The van der Waals surface area contributed by atoms with Gasteiger partial charge in [0.15, 0.2) is 11.6 Å². The number of urea groups is 1. The molecule has 0 radical (unpaired) electrons. The monoisotopic (exact) mass is 881 g/mol. The highest BCUT2D eigenvalue weighted by Gasteiger charge is 2.52. The molecule has 0 unspecified atom stereocenters. The number of anilines is 2. The molecular formula is C48H38F3N7O7. The van der Waals surface area contributed by atoms with Gasteiger partial charge >= 0.3 is 12.1 Å². The number of aromatic amines is 1. The summed E-state index contributed by atoms with van der Waals surface area (Å²) < 4.78 is 59.4. The van der Waals surface area contributed by atoms with Gasteiger partial charge in [-0.15, -0.1) is 0 Å². The SMILES string of the molecule is Cc1cc(Oc2ccccc2F)ccc1-n1ncc(C(=O)c2cc3cc(OCC(F)F)c(N4C(=O)[C@@H]5C[C@@H](NC(=O)OCC6c7ccccc7-c7ccccc76)CN5C4=O)cc3[nH]2)c1N. The molecule has 17 heteroatoms. The second kappa shape index (κ2) is 16.2. The van der Waals surface area contributed by atoms with E-state index in [1.165, 1.54) is 46.1 Å². The first-order valence-electron chi connectivity index (χ1n) is 20.7. The van der Waals surface area contributed by atoms with Crippen LogP contribution in [0.2, 0.25) is 0 Å². The first-order chi connectivity index (χ1) is 31.4. The fraction of sp³-hybridized carbons (Fsp3) is 0.188. The number of alkyl halides is 2. The third-order valence-electron chi connectivity index (χ3n) is 12.0. The van der Waals surface area contributed by atoms with Gasteiger partial charge in [0.2, 0.25) is 5.78 Å². The number of nitrogens with one attached hydrogen (secondary N) is 2. The predicted octanol–water partition coefficient (Wildman–Crippen LogP) is 8.50. The van der Waals surface area contributed by atoms with E-state index in [0.717, 1.165) is 27.2 Å². The number of aryl methyl sites for hydroxylation is 1. The highest BCUT2D eigenvalue weighted by molar-refractivity contribution is 6.23. The number of aromatic nitrogens is 3. The first kappa shape index (κ1) is 41.0. The van der Waals surface area contributed by atoms with E-state index in [9.17, 15) is 32.3 Å². The molecule has 0 bridgehead atoms. The number of nitrogens with zero attached hydrogens (tertiary/aromatic N) is 4. The summed E-state index contributed by atoms with van der Waals surface area (Å²) in [7, 11) is 0. The number of benzene rings is 5. The minimum absolute atomic E-state index is 0.00716. The van der Waals surface area contributed by atoms with Crippen LogP contribution in [0.3, 0.4) is 0 Å². The molecule has 14 nitrogen and oxygen atoms in total. The van der Waals surface area contributed by atoms with Crippen LogP contribution >= 0.6 is 0 Å². The topological polar surface area (TPSA) is 174 Å². The molecule has 0 saturated carbocycles. The zero-order chi connectivity index (χ0) is 45.1. The zero-order valence-electron chi connectivity index (χ0n) is 34.5. The quantitative estimate of drug-likeness (QED) is 0.0803. The second-order valence-electron chi connectivity index (χ2n) is 16.0. The Morgan fingerprint density at radius 2 is 1.63 bits per heavy atom. The molecule has 1 aliphatic carbocycles. The molecule has 2 aromatic heterocycles. The lowest BCUT2D eigenvalue weighted by Crippen LogP contribution is -2.41. The summed E-state index contributed by atoms with van der Waals surface area (Å²) in [5.41, 5.74) is 12.2. The number of alkyl carbamates (subject to hydrolysis) is 1. The number of hydrogen-bond donors (Lipinski definition) is 3. The molecule has 4 amide bonds. The van der Waals surface area contributed by atoms with Gasteiger partial charge in [-0.25, -0.2) is 32.3 Å². The second-order valence-corrected chi connectivity index (χ2v) is 16.0.